The molecule has 0 aliphatic carbocycles. The topological polar surface area (TPSA) is 55.9 Å². The minimum atomic E-state index is 0.0806. The van der Waals surface area contributed by atoms with Gasteiger partial charge in [0.15, 0.2) is 0 Å². The lowest BCUT2D eigenvalue weighted by molar-refractivity contribution is -0.134. The molecule has 4 aliphatic rings. The summed E-state index contributed by atoms with van der Waals surface area (Å²) >= 11 is 0. The molecule has 236 valence electrons. The van der Waals surface area contributed by atoms with Crippen molar-refractivity contribution >= 4 is 11.8 Å². The number of carbonyl (C=O) groups excluding carboxylic acids is 2. The highest BCUT2D eigenvalue weighted by Gasteiger charge is 2.27. The van der Waals surface area contributed by atoms with Crippen LogP contribution in [-0.2, 0) is 9.59 Å². The third-order valence-electron chi connectivity index (χ3n) is 10.9. The molecule has 4 fully saturated rings. The van der Waals surface area contributed by atoms with Crippen molar-refractivity contribution in [1.29, 1.82) is 0 Å². The molecule has 0 unspecified atom stereocenters. The van der Waals surface area contributed by atoms with Crippen LogP contribution in [0.2, 0.25) is 0 Å². The van der Waals surface area contributed by atoms with Crippen molar-refractivity contribution in [3.63, 3.8) is 0 Å². The van der Waals surface area contributed by atoms with Gasteiger partial charge >= 0.3 is 0 Å². The largest absolute Gasteiger partial charge is 0.343 e. The lowest BCUT2D eigenvalue weighted by atomic mass is 9.86. The molecule has 0 spiro atoms. The van der Waals surface area contributed by atoms with Crippen molar-refractivity contribution in [3.05, 3.63) is 0 Å². The Labute approximate surface area is 252 Å². The molecule has 4 saturated heterocycles. The Morgan fingerprint density at radius 3 is 1.49 bits per heavy atom. The molecule has 2 amide bonds. The number of nitrogens with one attached hydrogen (secondary N) is 1. The van der Waals surface area contributed by atoms with Crippen LogP contribution in [0.5, 0.6) is 0 Å². The Morgan fingerprint density at radius 1 is 0.610 bits per heavy atom. The molecule has 0 radical (unpaired) electrons. The van der Waals surface area contributed by atoms with Crippen LogP contribution >= 0.6 is 0 Å². The van der Waals surface area contributed by atoms with Gasteiger partial charge in [-0.3, -0.25) is 9.59 Å². The second-order valence-electron chi connectivity index (χ2n) is 15.5. The monoisotopic (exact) mass is 573 g/mol. The quantitative estimate of drug-likeness (QED) is 0.296. The molecule has 4 aliphatic heterocycles. The average Bonchev–Trinajstić information content (AvgIpc) is 2.97. The molecule has 6 heteroatoms. The van der Waals surface area contributed by atoms with Gasteiger partial charge < -0.3 is 20.0 Å². The zero-order valence-electron chi connectivity index (χ0n) is 27.1. The predicted octanol–water partition coefficient (Wildman–Crippen LogP) is 6.34. The van der Waals surface area contributed by atoms with Crippen molar-refractivity contribution in [2.24, 2.45) is 29.1 Å². The Bertz CT molecular complexity index is 766. The first kappa shape index (κ1) is 32.8. The number of hydrogen-bond acceptors (Lipinski definition) is 4. The van der Waals surface area contributed by atoms with Gasteiger partial charge in [0.25, 0.3) is 0 Å². The van der Waals surface area contributed by atoms with Crippen LogP contribution in [0.3, 0.4) is 0 Å². The summed E-state index contributed by atoms with van der Waals surface area (Å²) in [6.07, 6.45) is 19.8. The first-order valence-electron chi connectivity index (χ1n) is 17.7. The summed E-state index contributed by atoms with van der Waals surface area (Å²) in [5.41, 5.74) is 0.0806. The maximum absolute atomic E-state index is 12.9. The van der Waals surface area contributed by atoms with Crippen molar-refractivity contribution < 1.29 is 9.59 Å². The Balaban J connectivity index is 0.994. The summed E-state index contributed by atoms with van der Waals surface area (Å²) in [5, 5.41) is 3.49. The standard InChI is InChI=1S/C35H64N4O2/c1-35(2,3)28-34(41)39-26-16-32(17-27-39)9-5-8-31-14-24-38(25-15-31)33(40)18-23-37-21-12-30(13-22-37)7-4-6-29-10-19-36-20-11-29/h29-32,36H,4-28H2,1-3H3. The highest BCUT2D eigenvalue weighted by Crippen LogP contribution is 2.29. The lowest BCUT2D eigenvalue weighted by Gasteiger charge is -2.35. The van der Waals surface area contributed by atoms with E-state index in [9.17, 15) is 9.59 Å². The normalized spacial score (nSPS) is 23.3. The minimum absolute atomic E-state index is 0.0806. The molecule has 6 nitrogen and oxygen atoms in total. The summed E-state index contributed by atoms with van der Waals surface area (Å²) in [4.78, 5) is 32.3. The van der Waals surface area contributed by atoms with Crippen LogP contribution in [0.4, 0.5) is 0 Å². The van der Waals surface area contributed by atoms with E-state index in [1.807, 2.05) is 0 Å². The number of carbonyl (C=O) groups is 2. The minimum Gasteiger partial charge on any atom is -0.343 e. The van der Waals surface area contributed by atoms with Gasteiger partial charge in [0.2, 0.25) is 11.8 Å². The molecule has 1 N–H and O–H groups in total. The van der Waals surface area contributed by atoms with Gasteiger partial charge in [-0.15, -0.1) is 0 Å². The second kappa shape index (κ2) is 16.6. The number of piperidine rings is 4. The SMILES string of the molecule is CC(C)(C)CC(=O)N1CCC(CCCC2CCN(C(=O)CCN3CCC(CCCC4CCNCC4)CC3)CC2)CC1. The van der Waals surface area contributed by atoms with Gasteiger partial charge in [0.1, 0.15) is 0 Å². The predicted molar refractivity (Wildman–Crippen MR) is 170 cm³/mol. The number of rotatable bonds is 12. The fourth-order valence-corrected chi connectivity index (χ4v) is 7.98. The van der Waals surface area contributed by atoms with Crippen LogP contribution in [0.15, 0.2) is 0 Å². The highest BCUT2D eigenvalue weighted by molar-refractivity contribution is 5.77. The van der Waals surface area contributed by atoms with Gasteiger partial charge in [-0.05, 0) is 107 Å². The van der Waals surface area contributed by atoms with Crippen LogP contribution in [0.25, 0.3) is 0 Å². The van der Waals surface area contributed by atoms with Crippen molar-refractivity contribution in [2.45, 2.75) is 124 Å². The maximum Gasteiger partial charge on any atom is 0.223 e. The third kappa shape index (κ3) is 11.8. The Hall–Kier alpha value is -1.14. The molecule has 0 bridgehead atoms. The molecular formula is C35H64N4O2. The fourth-order valence-electron chi connectivity index (χ4n) is 7.98. The van der Waals surface area contributed by atoms with E-state index < -0.39 is 0 Å². The molecule has 0 aromatic carbocycles. The molecule has 4 heterocycles. The lowest BCUT2D eigenvalue weighted by Crippen LogP contribution is -2.41. The second-order valence-corrected chi connectivity index (χ2v) is 15.5. The molecule has 0 atom stereocenters. The first-order chi connectivity index (χ1) is 19.7. The van der Waals surface area contributed by atoms with Gasteiger partial charge in [-0.25, -0.2) is 0 Å². The molecule has 41 heavy (non-hydrogen) atoms. The first-order valence-corrected chi connectivity index (χ1v) is 17.7. The van der Waals surface area contributed by atoms with E-state index in [4.69, 9.17) is 0 Å². The molecule has 4 rings (SSSR count). The number of likely N-dealkylation sites (tertiary alicyclic amines) is 3. The highest BCUT2D eigenvalue weighted by atomic mass is 16.2. The van der Waals surface area contributed by atoms with Crippen LogP contribution in [0.1, 0.15) is 124 Å². The zero-order chi connectivity index (χ0) is 29.1. The van der Waals surface area contributed by atoms with E-state index in [0.29, 0.717) is 24.7 Å². The van der Waals surface area contributed by atoms with E-state index in [0.717, 1.165) is 56.4 Å². The van der Waals surface area contributed by atoms with Gasteiger partial charge in [-0.2, -0.15) is 0 Å². The van der Waals surface area contributed by atoms with E-state index in [1.165, 1.54) is 116 Å². The van der Waals surface area contributed by atoms with Crippen molar-refractivity contribution in [3.8, 4) is 0 Å². The van der Waals surface area contributed by atoms with Gasteiger partial charge in [0, 0.05) is 45.6 Å². The fraction of sp³-hybridized carbons (Fsp3) is 0.943. The molecule has 0 aromatic rings. The number of nitrogens with zero attached hydrogens (tertiary/aromatic N) is 3. The summed E-state index contributed by atoms with van der Waals surface area (Å²) in [5.74, 6) is 4.20. The van der Waals surface area contributed by atoms with Crippen molar-refractivity contribution in [1.82, 2.24) is 20.0 Å². The summed E-state index contributed by atoms with van der Waals surface area (Å²) < 4.78 is 0. The zero-order valence-corrected chi connectivity index (χ0v) is 27.1. The van der Waals surface area contributed by atoms with E-state index in [1.54, 1.807) is 0 Å². The van der Waals surface area contributed by atoms with Gasteiger partial charge in [-0.1, -0.05) is 59.3 Å². The number of hydrogen-bond donors (Lipinski definition) is 1. The Kier molecular flexibility index (Phi) is 13.3. The summed E-state index contributed by atoms with van der Waals surface area (Å²) in [6, 6.07) is 0. The van der Waals surface area contributed by atoms with Gasteiger partial charge in [0.05, 0.1) is 0 Å². The smallest absolute Gasteiger partial charge is 0.223 e. The van der Waals surface area contributed by atoms with E-state index in [-0.39, 0.29) is 5.41 Å². The van der Waals surface area contributed by atoms with Crippen LogP contribution < -0.4 is 5.32 Å². The Morgan fingerprint density at radius 2 is 1.02 bits per heavy atom. The van der Waals surface area contributed by atoms with E-state index in [2.05, 4.69) is 40.8 Å². The van der Waals surface area contributed by atoms with E-state index >= 15 is 0 Å². The third-order valence-corrected chi connectivity index (χ3v) is 10.9. The summed E-state index contributed by atoms with van der Waals surface area (Å²) in [7, 11) is 0. The van der Waals surface area contributed by atoms with Crippen molar-refractivity contribution in [2.75, 3.05) is 58.9 Å². The maximum atomic E-state index is 12.9. The summed E-state index contributed by atoms with van der Waals surface area (Å²) in [6.45, 7) is 16.1. The average molecular weight is 573 g/mol. The van der Waals surface area contributed by atoms with Crippen LogP contribution in [0, 0.1) is 29.1 Å². The molecular weight excluding hydrogens is 508 g/mol. The molecule has 0 saturated carbocycles. The number of amides is 2. The molecule has 0 aromatic heterocycles. The van der Waals surface area contributed by atoms with Crippen LogP contribution in [-0.4, -0.2) is 85.4 Å².